The topological polar surface area (TPSA) is 9.23 Å². The van der Waals surface area contributed by atoms with Crippen LogP contribution in [0, 0.1) is 5.41 Å². The molecule has 0 bridgehead atoms. The normalized spacial score (nSPS) is 15.9. The van der Waals surface area contributed by atoms with Crippen molar-refractivity contribution in [2.75, 3.05) is 6.61 Å². The summed E-state index contributed by atoms with van der Waals surface area (Å²) in [5, 5.41) is 0. The van der Waals surface area contributed by atoms with Crippen molar-refractivity contribution in [3.63, 3.8) is 0 Å². The van der Waals surface area contributed by atoms with Gasteiger partial charge in [0.15, 0.2) is 0 Å². The zero-order valence-electron chi connectivity index (χ0n) is 20.3. The van der Waals surface area contributed by atoms with Crippen molar-refractivity contribution in [3.05, 3.63) is 95.1 Å². The number of hydrogen-bond acceptors (Lipinski definition) is 1. The molecule has 0 amide bonds. The van der Waals surface area contributed by atoms with Gasteiger partial charge in [-0.05, 0) is 37.0 Å². The van der Waals surface area contributed by atoms with Crippen molar-refractivity contribution in [1.29, 1.82) is 0 Å². The Morgan fingerprint density at radius 1 is 1.03 bits per heavy atom. The van der Waals surface area contributed by atoms with Crippen molar-refractivity contribution in [3.8, 4) is 5.75 Å². The number of para-hydroxylation sites is 1. The van der Waals surface area contributed by atoms with Gasteiger partial charge in [-0.15, -0.1) is 0 Å². The molecule has 0 saturated carbocycles. The van der Waals surface area contributed by atoms with E-state index in [1.165, 1.54) is 16.7 Å². The van der Waals surface area contributed by atoms with Crippen LogP contribution in [0.25, 0.3) is 6.08 Å². The predicted octanol–water partition coefficient (Wildman–Crippen LogP) is 7.82. The van der Waals surface area contributed by atoms with Crippen LogP contribution in [0.3, 0.4) is 0 Å². The van der Waals surface area contributed by atoms with Gasteiger partial charge in [0.1, 0.15) is 12.4 Å². The second kappa shape index (κ2) is 12.4. The number of hydrogen-bond donors (Lipinski definition) is 0. The van der Waals surface area contributed by atoms with Crippen LogP contribution >= 0.6 is 0 Å². The fourth-order valence-electron chi connectivity index (χ4n) is 3.26. The fraction of sp³-hybridized carbons (Fsp3) is 0.357. The van der Waals surface area contributed by atoms with Crippen LogP contribution in [0.1, 0.15) is 50.0 Å². The molecule has 0 fully saturated rings. The van der Waals surface area contributed by atoms with E-state index in [1.54, 1.807) is 5.56 Å². The van der Waals surface area contributed by atoms with Crippen molar-refractivity contribution in [1.82, 2.24) is 0 Å². The van der Waals surface area contributed by atoms with Crippen molar-refractivity contribution in [2.24, 2.45) is 5.41 Å². The first-order valence-corrected chi connectivity index (χ1v) is 17.7. The predicted molar refractivity (Wildman–Crippen MR) is 136 cm³/mol. The molecule has 1 nitrogen and oxygen atoms in total. The van der Waals surface area contributed by atoms with Gasteiger partial charge in [0.25, 0.3) is 0 Å². The Bertz CT molecular complexity index is 904. The third-order valence-electron chi connectivity index (χ3n) is 5.27. The molecule has 2 aromatic rings. The van der Waals surface area contributed by atoms with Gasteiger partial charge in [0, 0.05) is 0 Å². The molecule has 0 aromatic heterocycles. The van der Waals surface area contributed by atoms with Gasteiger partial charge in [-0.1, -0.05) is 56.7 Å². The number of allylic oxidation sites excluding steroid dienone is 4. The van der Waals surface area contributed by atoms with E-state index in [0.717, 1.165) is 9.97 Å². The van der Waals surface area contributed by atoms with E-state index in [9.17, 15) is 0 Å². The molecule has 1 aliphatic rings. The summed E-state index contributed by atoms with van der Waals surface area (Å²) < 4.78 is 6.69. The van der Waals surface area contributed by atoms with Gasteiger partial charge in [0.2, 0.25) is 0 Å². The van der Waals surface area contributed by atoms with E-state index in [-0.39, 0.29) is 12.1 Å². The summed E-state index contributed by atoms with van der Waals surface area (Å²) in [7, 11) is 0. The first-order chi connectivity index (χ1) is 14.7. The second-order valence-corrected chi connectivity index (χ2v) is 19.9. The third kappa shape index (κ3) is 8.80. The van der Waals surface area contributed by atoms with E-state index in [4.69, 9.17) is 4.74 Å². The first-order valence-electron chi connectivity index (χ1n) is 11.3. The molecule has 2 aromatic carbocycles. The van der Waals surface area contributed by atoms with Gasteiger partial charge < -0.3 is 4.74 Å². The standard InChI is InChI=1S/C17H24O.C9H7.C2H7Si.Ti/c1-6-14(2)12-15(17(3,4)5)13-18-16-10-8-7-9-11-16;1-2-5-9-7-3-6-8(9)4-1;1-3-2;/h6-12H,13H2,1-5H3;1-7H;3H,1-2H3;. The molecule has 1 unspecified atom stereocenters. The molecule has 0 saturated heterocycles. The van der Waals surface area contributed by atoms with Crippen molar-refractivity contribution < 1.29 is 23.1 Å². The average Bonchev–Trinajstić information content (AvgIpc) is 3.13. The van der Waals surface area contributed by atoms with Crippen LogP contribution in [-0.4, -0.2) is 13.3 Å². The Morgan fingerprint density at radius 2 is 1.68 bits per heavy atom. The van der Waals surface area contributed by atoms with Gasteiger partial charge in [0.05, 0.1) is 0 Å². The third-order valence-corrected chi connectivity index (χ3v) is 11.9. The number of fused-ring (bicyclic) bond motifs is 1. The van der Waals surface area contributed by atoms with Gasteiger partial charge >= 0.3 is 89.9 Å². The summed E-state index contributed by atoms with van der Waals surface area (Å²) in [4.78, 5) is 0. The second-order valence-electron chi connectivity index (χ2n) is 9.34. The van der Waals surface area contributed by atoms with Crippen LogP contribution in [-0.2, 0) is 18.4 Å². The zero-order chi connectivity index (χ0) is 22.9. The SMILES string of the molecule is CC=C(C)C=C(COc1ccccc1)C(C)(C)C.C[SiH](C)[Ti][CH]1C=Cc2ccccc21. The number of rotatable bonds is 6. The van der Waals surface area contributed by atoms with Gasteiger partial charge in [-0.25, -0.2) is 0 Å². The molecule has 1 atom stereocenters. The maximum atomic E-state index is 5.84. The fourth-order valence-corrected chi connectivity index (χ4v) is 9.56. The van der Waals surface area contributed by atoms with Crippen LogP contribution in [0.5, 0.6) is 5.75 Å². The summed E-state index contributed by atoms with van der Waals surface area (Å²) in [6.45, 7) is 16.1. The van der Waals surface area contributed by atoms with Gasteiger partial charge in [-0.2, -0.15) is 0 Å². The summed E-state index contributed by atoms with van der Waals surface area (Å²) in [6.07, 6.45) is 9.08. The Balaban J connectivity index is 0.000000231. The summed E-state index contributed by atoms with van der Waals surface area (Å²) >= 11 is 0.290. The van der Waals surface area contributed by atoms with Crippen LogP contribution in [0.4, 0.5) is 0 Å². The molecular formula is C28H38OSiTi. The Kier molecular flexibility index (Phi) is 10.3. The molecule has 0 radical (unpaired) electrons. The quantitative estimate of drug-likeness (QED) is 0.311. The summed E-state index contributed by atoms with van der Waals surface area (Å²) in [5.74, 6) is 0.922. The van der Waals surface area contributed by atoms with E-state index in [0.29, 0.717) is 25.0 Å². The summed E-state index contributed by atoms with van der Waals surface area (Å²) in [6, 6.07) is 18.8. The maximum absolute atomic E-state index is 5.84. The van der Waals surface area contributed by atoms with Crippen molar-refractivity contribution >= 4 is 12.7 Å². The molecule has 0 aliphatic heterocycles. The summed E-state index contributed by atoms with van der Waals surface area (Å²) in [5.41, 5.74) is 5.77. The van der Waals surface area contributed by atoms with E-state index < -0.39 is 0 Å². The zero-order valence-corrected chi connectivity index (χ0v) is 23.0. The van der Waals surface area contributed by atoms with E-state index in [1.807, 2.05) is 30.3 Å². The Morgan fingerprint density at radius 3 is 2.29 bits per heavy atom. The Hall–Kier alpha value is -1.61. The van der Waals surface area contributed by atoms with Crippen LogP contribution in [0.15, 0.2) is 84.0 Å². The first kappa shape index (κ1) is 25.7. The molecule has 3 rings (SSSR count). The van der Waals surface area contributed by atoms with Crippen LogP contribution < -0.4 is 4.74 Å². The van der Waals surface area contributed by atoms with E-state index >= 15 is 0 Å². The molecule has 0 spiro atoms. The molecular weight excluding hydrogens is 428 g/mol. The van der Waals surface area contributed by atoms with E-state index in [2.05, 4.69) is 96.3 Å². The number of benzene rings is 2. The van der Waals surface area contributed by atoms with Crippen LogP contribution in [0.2, 0.25) is 13.1 Å². The number of ether oxygens (including phenoxy) is 1. The van der Waals surface area contributed by atoms with Gasteiger partial charge in [-0.3, -0.25) is 0 Å². The van der Waals surface area contributed by atoms with Crippen molar-refractivity contribution in [2.45, 2.75) is 51.9 Å². The molecule has 164 valence electrons. The molecule has 1 aliphatic carbocycles. The minimum atomic E-state index is -0.309. The minimum absolute atomic E-state index is 0.124. The monoisotopic (exact) mass is 466 g/mol. The molecule has 3 heteroatoms. The Labute approximate surface area is 200 Å². The average molecular weight is 467 g/mol. The molecule has 0 heterocycles. The molecule has 31 heavy (non-hydrogen) atoms. The molecule has 0 N–H and O–H groups in total.